The molecule has 0 heterocycles. The van der Waals surface area contributed by atoms with Gasteiger partial charge in [0.15, 0.2) is 0 Å². The van der Waals surface area contributed by atoms with Gasteiger partial charge in [-0.25, -0.2) is 4.79 Å². The minimum atomic E-state index is -0.969. The van der Waals surface area contributed by atoms with Crippen LogP contribution in [0.5, 0.6) is 0 Å². The average molecular weight is 290 g/mol. The average Bonchev–Trinajstić information content (AvgIpc) is 2.44. The first-order valence-electron chi connectivity index (χ1n) is 6.95. The molecule has 0 radical (unpaired) electrons. The Bertz CT molecular complexity index is 538. The van der Waals surface area contributed by atoms with Gasteiger partial charge in [0.25, 0.3) is 0 Å². The van der Waals surface area contributed by atoms with Crippen LogP contribution in [0.2, 0.25) is 0 Å². The van der Waals surface area contributed by atoms with E-state index in [1.807, 2.05) is 30.0 Å². The van der Waals surface area contributed by atoms with Crippen LogP contribution in [0, 0.1) is 6.92 Å². The van der Waals surface area contributed by atoms with Gasteiger partial charge in [0, 0.05) is 25.4 Å². The molecule has 0 saturated heterocycles. The molecule has 0 spiro atoms. The maximum atomic E-state index is 11.6. The van der Waals surface area contributed by atoms with E-state index in [4.69, 9.17) is 5.11 Å². The van der Waals surface area contributed by atoms with Gasteiger partial charge < -0.3 is 15.3 Å². The first-order valence-corrected chi connectivity index (χ1v) is 6.95. The summed E-state index contributed by atoms with van der Waals surface area (Å²) in [5.74, 6) is -0.998. The van der Waals surface area contributed by atoms with Gasteiger partial charge in [-0.2, -0.15) is 0 Å². The zero-order chi connectivity index (χ0) is 15.8. The molecule has 5 heteroatoms. The quantitative estimate of drug-likeness (QED) is 0.754. The van der Waals surface area contributed by atoms with Crippen molar-refractivity contribution in [3.05, 3.63) is 35.4 Å². The van der Waals surface area contributed by atoms with Gasteiger partial charge >= 0.3 is 5.97 Å². The molecule has 1 aromatic carbocycles. The minimum absolute atomic E-state index is 0.0299. The van der Waals surface area contributed by atoms with Crippen molar-refractivity contribution in [1.82, 2.24) is 5.32 Å². The zero-order valence-electron chi connectivity index (χ0n) is 12.7. The Morgan fingerprint density at radius 3 is 2.62 bits per heavy atom. The van der Waals surface area contributed by atoms with E-state index in [0.717, 1.165) is 35.9 Å². The third kappa shape index (κ3) is 5.30. The summed E-state index contributed by atoms with van der Waals surface area (Å²) in [6.45, 7) is 5.13. The summed E-state index contributed by atoms with van der Waals surface area (Å²) in [5, 5.41) is 11.3. The number of nitrogens with one attached hydrogen (secondary N) is 1. The van der Waals surface area contributed by atoms with Crippen LogP contribution in [0.15, 0.2) is 24.3 Å². The molecule has 0 saturated carbocycles. The normalized spacial score (nSPS) is 10.6. The summed E-state index contributed by atoms with van der Waals surface area (Å²) in [4.78, 5) is 24.2. The summed E-state index contributed by atoms with van der Waals surface area (Å²) >= 11 is 0. The van der Waals surface area contributed by atoms with Crippen LogP contribution >= 0.6 is 0 Å². The van der Waals surface area contributed by atoms with E-state index >= 15 is 0 Å². The SMILES string of the molecule is CCCN(CC(=O)NC)c1ccc(C=CC(=O)O)cc1C. The number of carbonyl (C=O) groups excluding carboxylic acids is 1. The van der Waals surface area contributed by atoms with Crippen LogP contribution < -0.4 is 10.2 Å². The molecule has 5 nitrogen and oxygen atoms in total. The van der Waals surface area contributed by atoms with Crippen molar-refractivity contribution in [1.29, 1.82) is 0 Å². The highest BCUT2D eigenvalue weighted by Gasteiger charge is 2.12. The maximum Gasteiger partial charge on any atom is 0.328 e. The number of amides is 1. The summed E-state index contributed by atoms with van der Waals surface area (Å²) in [6.07, 6.45) is 3.61. The first-order chi connectivity index (χ1) is 9.97. The van der Waals surface area contributed by atoms with E-state index in [2.05, 4.69) is 12.2 Å². The predicted octanol–water partition coefficient (Wildman–Crippen LogP) is 2.06. The third-order valence-corrected chi connectivity index (χ3v) is 3.09. The summed E-state index contributed by atoms with van der Waals surface area (Å²) in [6, 6.07) is 5.70. The van der Waals surface area contributed by atoms with E-state index in [0.29, 0.717) is 6.54 Å². The molecule has 0 aliphatic carbocycles. The first kappa shape index (κ1) is 16.8. The van der Waals surface area contributed by atoms with Crippen LogP contribution in [0.1, 0.15) is 24.5 Å². The number of anilines is 1. The van der Waals surface area contributed by atoms with Gasteiger partial charge in [0.05, 0.1) is 6.54 Å². The number of likely N-dealkylation sites (N-methyl/N-ethyl adjacent to an activating group) is 1. The fourth-order valence-corrected chi connectivity index (χ4v) is 2.11. The van der Waals surface area contributed by atoms with Crippen molar-refractivity contribution >= 4 is 23.6 Å². The lowest BCUT2D eigenvalue weighted by atomic mass is 10.1. The molecule has 0 fully saturated rings. The lowest BCUT2D eigenvalue weighted by Gasteiger charge is -2.25. The van der Waals surface area contributed by atoms with Crippen molar-refractivity contribution < 1.29 is 14.7 Å². The van der Waals surface area contributed by atoms with Gasteiger partial charge in [0.2, 0.25) is 5.91 Å². The second-order valence-corrected chi connectivity index (χ2v) is 4.81. The van der Waals surface area contributed by atoms with Gasteiger partial charge in [0.1, 0.15) is 0 Å². The molecule has 2 N–H and O–H groups in total. The van der Waals surface area contributed by atoms with Crippen molar-refractivity contribution in [3.8, 4) is 0 Å². The summed E-state index contributed by atoms with van der Waals surface area (Å²) in [5.41, 5.74) is 2.84. The standard InChI is InChI=1S/C16H22N2O3/c1-4-9-18(11-15(19)17-3)14-7-5-13(10-12(14)2)6-8-16(20)21/h5-8,10H,4,9,11H2,1-3H3,(H,17,19)(H,20,21). The maximum absolute atomic E-state index is 11.6. The van der Waals surface area contributed by atoms with Crippen LogP contribution in [0.4, 0.5) is 5.69 Å². The lowest BCUT2D eigenvalue weighted by molar-refractivity contribution is -0.131. The molecule has 1 rings (SSSR count). The largest absolute Gasteiger partial charge is 0.478 e. The molecule has 0 unspecified atom stereocenters. The third-order valence-electron chi connectivity index (χ3n) is 3.09. The topological polar surface area (TPSA) is 69.6 Å². The van der Waals surface area contributed by atoms with Gasteiger partial charge in [-0.1, -0.05) is 13.0 Å². The molecular formula is C16H22N2O3. The highest BCUT2D eigenvalue weighted by atomic mass is 16.4. The van der Waals surface area contributed by atoms with Crippen LogP contribution in [-0.4, -0.2) is 37.1 Å². The summed E-state index contributed by atoms with van der Waals surface area (Å²) in [7, 11) is 1.62. The molecule has 0 aliphatic heterocycles. The van der Waals surface area contributed by atoms with Gasteiger partial charge in [-0.05, 0) is 42.7 Å². The Labute approximate surface area is 125 Å². The van der Waals surface area contributed by atoms with Crippen LogP contribution in [0.25, 0.3) is 6.08 Å². The van der Waals surface area contributed by atoms with E-state index in [9.17, 15) is 9.59 Å². The number of carboxylic acid groups (broad SMARTS) is 1. The van der Waals surface area contributed by atoms with Crippen molar-refractivity contribution in [2.45, 2.75) is 20.3 Å². The number of hydrogen-bond acceptors (Lipinski definition) is 3. The van der Waals surface area contributed by atoms with E-state index in [1.165, 1.54) is 0 Å². The number of benzene rings is 1. The zero-order valence-corrected chi connectivity index (χ0v) is 12.7. The van der Waals surface area contributed by atoms with Crippen molar-refractivity contribution in [2.24, 2.45) is 0 Å². The minimum Gasteiger partial charge on any atom is -0.478 e. The molecule has 0 atom stereocenters. The Morgan fingerprint density at radius 1 is 1.38 bits per heavy atom. The molecule has 0 aliphatic rings. The fourth-order valence-electron chi connectivity index (χ4n) is 2.11. The van der Waals surface area contributed by atoms with Crippen molar-refractivity contribution in [3.63, 3.8) is 0 Å². The van der Waals surface area contributed by atoms with Crippen molar-refractivity contribution in [2.75, 3.05) is 25.0 Å². The molecule has 114 valence electrons. The Morgan fingerprint density at radius 2 is 2.10 bits per heavy atom. The highest BCUT2D eigenvalue weighted by molar-refractivity contribution is 5.85. The number of carboxylic acids is 1. The monoisotopic (exact) mass is 290 g/mol. The highest BCUT2D eigenvalue weighted by Crippen LogP contribution is 2.22. The molecule has 1 amide bonds. The molecule has 1 aromatic rings. The Kier molecular flexibility index (Phi) is 6.46. The number of aryl methyl sites for hydroxylation is 1. The number of carbonyl (C=O) groups is 2. The number of nitrogens with zero attached hydrogens (tertiary/aromatic N) is 1. The Balaban J connectivity index is 2.98. The number of rotatable bonds is 7. The molecular weight excluding hydrogens is 268 g/mol. The number of aliphatic carboxylic acids is 1. The predicted molar refractivity (Wildman–Crippen MR) is 84.4 cm³/mol. The molecule has 21 heavy (non-hydrogen) atoms. The second kappa shape index (κ2) is 8.09. The van der Waals surface area contributed by atoms with Crippen LogP contribution in [0.3, 0.4) is 0 Å². The van der Waals surface area contributed by atoms with E-state index < -0.39 is 5.97 Å². The van der Waals surface area contributed by atoms with Gasteiger partial charge in [-0.3, -0.25) is 4.79 Å². The molecule has 0 bridgehead atoms. The van der Waals surface area contributed by atoms with E-state index in [1.54, 1.807) is 13.1 Å². The summed E-state index contributed by atoms with van der Waals surface area (Å²) < 4.78 is 0. The second-order valence-electron chi connectivity index (χ2n) is 4.81. The lowest BCUT2D eigenvalue weighted by Crippen LogP contribution is -2.36. The van der Waals surface area contributed by atoms with Crippen LogP contribution in [-0.2, 0) is 9.59 Å². The van der Waals surface area contributed by atoms with Gasteiger partial charge in [-0.15, -0.1) is 0 Å². The Hall–Kier alpha value is -2.30. The number of hydrogen-bond donors (Lipinski definition) is 2. The van der Waals surface area contributed by atoms with E-state index in [-0.39, 0.29) is 5.91 Å². The fraction of sp³-hybridized carbons (Fsp3) is 0.375. The molecule has 0 aromatic heterocycles. The smallest absolute Gasteiger partial charge is 0.328 e.